The fourth-order valence-corrected chi connectivity index (χ4v) is 4.67. The number of esters is 1. The number of nitrogens with zero attached hydrogens (tertiary/aromatic N) is 2. The highest BCUT2D eigenvalue weighted by Crippen LogP contribution is 2.33. The second-order valence-corrected chi connectivity index (χ2v) is 9.44. The third-order valence-corrected chi connectivity index (χ3v) is 6.63. The minimum atomic E-state index is -0.636. The number of nitrogens with one attached hydrogen (secondary N) is 1. The highest BCUT2D eigenvalue weighted by molar-refractivity contribution is 8.26. The van der Waals surface area contributed by atoms with E-state index in [2.05, 4.69) is 10.1 Å². The maximum Gasteiger partial charge on any atom is 0.337 e. The summed E-state index contributed by atoms with van der Waals surface area (Å²) in [6, 6.07) is 10.1. The summed E-state index contributed by atoms with van der Waals surface area (Å²) >= 11 is 6.56. The number of aromatic hydroxyl groups is 1. The van der Waals surface area contributed by atoms with Crippen LogP contribution in [0.1, 0.15) is 41.6 Å². The van der Waals surface area contributed by atoms with Gasteiger partial charge in [-0.25, -0.2) is 4.79 Å². The largest absolute Gasteiger partial charge is 0.506 e. The molecular weight excluding hydrogens is 506 g/mol. The molecule has 2 aromatic rings. The van der Waals surface area contributed by atoms with Gasteiger partial charge in [0.15, 0.2) is 0 Å². The first-order valence-corrected chi connectivity index (χ1v) is 12.1. The minimum absolute atomic E-state index is 0.106. The van der Waals surface area contributed by atoms with Crippen LogP contribution in [0.4, 0.5) is 11.4 Å². The molecule has 2 aromatic carbocycles. The van der Waals surface area contributed by atoms with Crippen LogP contribution in [-0.2, 0) is 14.3 Å². The van der Waals surface area contributed by atoms with Gasteiger partial charge in [0.1, 0.15) is 10.1 Å². The topological polar surface area (TPSA) is 139 Å². The highest BCUT2D eigenvalue weighted by atomic mass is 32.2. The predicted octanol–water partition coefficient (Wildman–Crippen LogP) is 4.49. The van der Waals surface area contributed by atoms with E-state index in [0.29, 0.717) is 40.6 Å². The molecule has 0 bridgehead atoms. The van der Waals surface area contributed by atoms with Crippen molar-refractivity contribution in [2.75, 3.05) is 19.0 Å². The lowest BCUT2D eigenvalue weighted by atomic mass is 10.1. The first kappa shape index (κ1) is 26.8. The third kappa shape index (κ3) is 6.89. The normalized spacial score (nSPS) is 14.2. The van der Waals surface area contributed by atoms with Crippen molar-refractivity contribution in [3.8, 4) is 5.75 Å². The number of benzene rings is 2. The van der Waals surface area contributed by atoms with Gasteiger partial charge in [-0.2, -0.15) is 0 Å². The van der Waals surface area contributed by atoms with Gasteiger partial charge < -0.3 is 15.2 Å². The Morgan fingerprint density at radius 2 is 1.92 bits per heavy atom. The summed E-state index contributed by atoms with van der Waals surface area (Å²) in [5.74, 6) is -1.33. The third-order valence-electron chi connectivity index (χ3n) is 5.25. The SMILES string of the molecule is COC(=O)c1ccc(C=C2SC(=S)N(CCCCCC(=O)Nc3ccc([N+](=O)[O-])cc3O)C2=O)cc1. The lowest BCUT2D eigenvalue weighted by Gasteiger charge is -2.14. The number of thiocarbonyl (C=S) groups is 1. The molecule has 1 aliphatic heterocycles. The molecule has 0 spiro atoms. The van der Waals surface area contributed by atoms with Gasteiger partial charge in [0.25, 0.3) is 11.6 Å². The van der Waals surface area contributed by atoms with Crippen LogP contribution >= 0.6 is 24.0 Å². The summed E-state index contributed by atoms with van der Waals surface area (Å²) < 4.78 is 5.14. The van der Waals surface area contributed by atoms with Crippen LogP contribution in [-0.4, -0.2) is 50.7 Å². The van der Waals surface area contributed by atoms with Crippen LogP contribution in [0.3, 0.4) is 0 Å². The van der Waals surface area contributed by atoms with Gasteiger partial charge in [0, 0.05) is 19.0 Å². The van der Waals surface area contributed by atoms with Gasteiger partial charge in [-0.3, -0.25) is 24.6 Å². The molecule has 3 rings (SSSR count). The molecule has 0 saturated carbocycles. The number of non-ortho nitro benzene ring substituents is 1. The van der Waals surface area contributed by atoms with Gasteiger partial charge in [-0.05, 0) is 42.7 Å². The highest BCUT2D eigenvalue weighted by Gasteiger charge is 2.31. The number of amides is 2. The average molecular weight is 530 g/mol. The zero-order valence-corrected chi connectivity index (χ0v) is 20.9. The fourth-order valence-electron chi connectivity index (χ4n) is 3.36. The van der Waals surface area contributed by atoms with Crippen molar-refractivity contribution in [2.24, 2.45) is 0 Å². The molecule has 10 nitrogen and oxygen atoms in total. The molecule has 2 N–H and O–H groups in total. The molecule has 0 atom stereocenters. The molecule has 0 aromatic heterocycles. The number of unbranched alkanes of at least 4 members (excludes halogenated alkanes) is 2. The number of thioether (sulfide) groups is 1. The van der Waals surface area contributed by atoms with Crippen LogP contribution in [0, 0.1) is 10.1 Å². The molecule has 1 fully saturated rings. The van der Waals surface area contributed by atoms with E-state index in [0.717, 1.165) is 11.6 Å². The smallest absolute Gasteiger partial charge is 0.337 e. The summed E-state index contributed by atoms with van der Waals surface area (Å²) in [5, 5.41) is 23.1. The van der Waals surface area contributed by atoms with Crippen LogP contribution < -0.4 is 5.32 Å². The minimum Gasteiger partial charge on any atom is -0.506 e. The lowest BCUT2D eigenvalue weighted by Crippen LogP contribution is -2.29. The predicted molar refractivity (Wildman–Crippen MR) is 140 cm³/mol. The van der Waals surface area contributed by atoms with Crippen LogP contribution in [0.2, 0.25) is 0 Å². The Kier molecular flexibility index (Phi) is 9.14. The Morgan fingerprint density at radius 1 is 1.19 bits per heavy atom. The van der Waals surface area contributed by atoms with Crippen molar-refractivity contribution in [3.63, 3.8) is 0 Å². The maximum atomic E-state index is 12.8. The van der Waals surface area contributed by atoms with E-state index in [9.17, 15) is 29.6 Å². The standard InChI is InChI=1S/C24H23N3O7S2/c1-34-23(31)16-8-6-15(7-9-16)13-20-22(30)26(24(35)36-20)12-4-2-3-5-21(29)25-18-11-10-17(27(32)33)14-19(18)28/h6-11,13-14,28H,2-5,12H2,1H3,(H,25,29). The Bertz CT molecular complexity index is 1230. The molecular formula is C24H23N3O7S2. The van der Waals surface area contributed by atoms with Gasteiger partial charge in [-0.1, -0.05) is 42.5 Å². The first-order valence-electron chi connectivity index (χ1n) is 10.9. The second kappa shape index (κ2) is 12.3. The number of hydrogen-bond acceptors (Lipinski definition) is 9. The Hall–Kier alpha value is -3.77. The van der Waals surface area contributed by atoms with Crippen LogP contribution in [0.15, 0.2) is 47.4 Å². The van der Waals surface area contributed by atoms with Crippen LogP contribution in [0.25, 0.3) is 6.08 Å². The van der Waals surface area contributed by atoms with Gasteiger partial charge in [0.2, 0.25) is 5.91 Å². The lowest BCUT2D eigenvalue weighted by molar-refractivity contribution is -0.384. The van der Waals surface area contributed by atoms with E-state index < -0.39 is 10.9 Å². The molecule has 1 heterocycles. The van der Waals surface area contributed by atoms with Crippen molar-refractivity contribution in [3.05, 3.63) is 68.6 Å². The van der Waals surface area contributed by atoms with Gasteiger partial charge in [0.05, 0.1) is 34.3 Å². The summed E-state index contributed by atoms with van der Waals surface area (Å²) in [6.07, 6.45) is 3.78. The molecule has 2 amide bonds. The number of nitro benzene ring substituents is 1. The number of nitro groups is 1. The zero-order valence-electron chi connectivity index (χ0n) is 19.3. The number of methoxy groups -OCH3 is 1. The van der Waals surface area contributed by atoms with E-state index in [4.69, 9.17) is 12.2 Å². The quantitative estimate of drug-likeness (QED) is 0.0867. The molecule has 0 radical (unpaired) electrons. The number of phenolic OH excluding ortho intramolecular Hbond substituents is 1. The van der Waals surface area contributed by atoms with Crippen LogP contribution in [0.5, 0.6) is 5.75 Å². The summed E-state index contributed by atoms with van der Waals surface area (Å²) in [7, 11) is 1.31. The first-order chi connectivity index (χ1) is 17.2. The maximum absolute atomic E-state index is 12.8. The van der Waals surface area contributed by atoms with Crippen molar-refractivity contribution in [1.29, 1.82) is 0 Å². The van der Waals surface area contributed by atoms with E-state index in [1.807, 2.05) is 0 Å². The van der Waals surface area contributed by atoms with E-state index >= 15 is 0 Å². The Labute approximate surface area is 216 Å². The second-order valence-electron chi connectivity index (χ2n) is 7.76. The van der Waals surface area contributed by atoms with E-state index in [-0.39, 0.29) is 35.4 Å². The Morgan fingerprint density at radius 3 is 2.56 bits per heavy atom. The average Bonchev–Trinajstić information content (AvgIpc) is 3.12. The molecule has 1 aliphatic rings. The number of anilines is 1. The fraction of sp³-hybridized carbons (Fsp3) is 0.250. The molecule has 0 aliphatic carbocycles. The number of rotatable bonds is 10. The van der Waals surface area contributed by atoms with Crippen molar-refractivity contribution >= 4 is 63.5 Å². The zero-order chi connectivity index (χ0) is 26.2. The monoisotopic (exact) mass is 529 g/mol. The van der Waals surface area contributed by atoms with Crippen molar-refractivity contribution < 1.29 is 29.2 Å². The van der Waals surface area contributed by atoms with E-state index in [1.54, 1.807) is 30.3 Å². The summed E-state index contributed by atoms with van der Waals surface area (Å²) in [5.41, 5.74) is 1.01. The summed E-state index contributed by atoms with van der Waals surface area (Å²) in [6.45, 7) is 0.425. The molecule has 36 heavy (non-hydrogen) atoms. The summed E-state index contributed by atoms with van der Waals surface area (Å²) in [4.78, 5) is 48.5. The molecule has 12 heteroatoms. The number of carbonyl (C=O) groups excluding carboxylic acids is 3. The number of hydrogen-bond donors (Lipinski definition) is 2. The van der Waals surface area contributed by atoms with Gasteiger partial charge in [-0.15, -0.1) is 0 Å². The number of carbonyl (C=O) groups is 3. The number of phenols is 1. The van der Waals surface area contributed by atoms with Crippen molar-refractivity contribution in [1.82, 2.24) is 4.90 Å². The van der Waals surface area contributed by atoms with Gasteiger partial charge >= 0.3 is 5.97 Å². The number of ether oxygens (including phenoxy) is 1. The molecule has 0 unspecified atom stereocenters. The molecule has 188 valence electrons. The van der Waals surface area contributed by atoms with E-state index in [1.165, 1.54) is 35.9 Å². The van der Waals surface area contributed by atoms with Crippen molar-refractivity contribution in [2.45, 2.75) is 25.7 Å². The molecule has 1 saturated heterocycles. The Balaban J connectivity index is 1.44.